The Balaban J connectivity index is 2.27. The number of ether oxygens (including phenoxy) is 2. The fourth-order valence-corrected chi connectivity index (χ4v) is 2.26. The Bertz CT molecular complexity index is 251. The molecule has 0 aliphatic carbocycles. The molecule has 0 aromatic carbocycles. The standard InChI is InChI=1S/C15H33N3O3/c1-13(2)20-11-9-17(10-12-21-14(3)4)7-8-18-6-5-16-15(18)19/h13-16,19H,5-12H2,1-4H3. The van der Waals surface area contributed by atoms with E-state index in [1.807, 2.05) is 0 Å². The maximum Gasteiger partial charge on any atom is 0.163 e. The minimum absolute atomic E-state index is 0.267. The molecule has 1 fully saturated rings. The summed E-state index contributed by atoms with van der Waals surface area (Å²) in [6.45, 7) is 15.0. The van der Waals surface area contributed by atoms with E-state index in [0.717, 1.165) is 52.5 Å². The summed E-state index contributed by atoms with van der Waals surface area (Å²) in [5, 5.41) is 12.8. The highest BCUT2D eigenvalue weighted by molar-refractivity contribution is 4.71. The summed E-state index contributed by atoms with van der Waals surface area (Å²) in [6.07, 6.45) is 0.0393. The van der Waals surface area contributed by atoms with Crippen LogP contribution in [0.5, 0.6) is 0 Å². The normalized spacial score (nSPS) is 20.3. The van der Waals surface area contributed by atoms with Gasteiger partial charge in [-0.1, -0.05) is 0 Å². The molecule has 6 heteroatoms. The van der Waals surface area contributed by atoms with Crippen molar-refractivity contribution < 1.29 is 14.6 Å². The Morgan fingerprint density at radius 3 is 2.10 bits per heavy atom. The number of hydrogen-bond acceptors (Lipinski definition) is 6. The SMILES string of the molecule is CC(C)OCCN(CCOC(C)C)CCN1CCNC1O. The van der Waals surface area contributed by atoms with Crippen molar-refractivity contribution >= 4 is 0 Å². The van der Waals surface area contributed by atoms with E-state index in [1.165, 1.54) is 0 Å². The Hall–Kier alpha value is -0.240. The first-order valence-corrected chi connectivity index (χ1v) is 8.10. The van der Waals surface area contributed by atoms with E-state index in [2.05, 4.69) is 42.8 Å². The van der Waals surface area contributed by atoms with Gasteiger partial charge in [-0.3, -0.25) is 15.1 Å². The second kappa shape index (κ2) is 10.5. The van der Waals surface area contributed by atoms with Crippen molar-refractivity contribution in [3.8, 4) is 0 Å². The summed E-state index contributed by atoms with van der Waals surface area (Å²) < 4.78 is 11.3. The molecule has 1 aliphatic heterocycles. The minimum atomic E-state index is -0.495. The molecule has 0 aromatic heterocycles. The lowest BCUT2D eigenvalue weighted by atomic mass is 10.4. The highest BCUT2D eigenvalue weighted by Crippen LogP contribution is 2.01. The third-order valence-electron chi connectivity index (χ3n) is 3.49. The van der Waals surface area contributed by atoms with E-state index in [1.54, 1.807) is 0 Å². The van der Waals surface area contributed by atoms with Gasteiger partial charge in [0.25, 0.3) is 0 Å². The maximum absolute atomic E-state index is 9.75. The van der Waals surface area contributed by atoms with Crippen molar-refractivity contribution in [3.63, 3.8) is 0 Å². The quantitative estimate of drug-likeness (QED) is 0.573. The molecule has 6 nitrogen and oxygen atoms in total. The van der Waals surface area contributed by atoms with Crippen LogP contribution in [0.3, 0.4) is 0 Å². The van der Waals surface area contributed by atoms with Crippen molar-refractivity contribution in [2.24, 2.45) is 0 Å². The monoisotopic (exact) mass is 303 g/mol. The van der Waals surface area contributed by atoms with E-state index in [9.17, 15) is 5.11 Å². The van der Waals surface area contributed by atoms with Gasteiger partial charge in [-0.05, 0) is 27.7 Å². The third-order valence-corrected chi connectivity index (χ3v) is 3.49. The number of aliphatic hydroxyl groups is 1. The van der Waals surface area contributed by atoms with Crippen LogP contribution in [-0.4, -0.2) is 85.9 Å². The highest BCUT2D eigenvalue weighted by atomic mass is 16.5. The van der Waals surface area contributed by atoms with Crippen LogP contribution >= 0.6 is 0 Å². The van der Waals surface area contributed by atoms with Gasteiger partial charge in [-0.25, -0.2) is 0 Å². The van der Waals surface area contributed by atoms with E-state index < -0.39 is 6.35 Å². The van der Waals surface area contributed by atoms with Crippen LogP contribution in [0.2, 0.25) is 0 Å². The number of hydrogen-bond donors (Lipinski definition) is 2. The van der Waals surface area contributed by atoms with Crippen LogP contribution in [0.1, 0.15) is 27.7 Å². The topological polar surface area (TPSA) is 57.2 Å². The first-order valence-electron chi connectivity index (χ1n) is 8.10. The highest BCUT2D eigenvalue weighted by Gasteiger charge is 2.21. The summed E-state index contributed by atoms with van der Waals surface area (Å²) >= 11 is 0. The molecule has 1 heterocycles. The van der Waals surface area contributed by atoms with Gasteiger partial charge in [0.15, 0.2) is 6.35 Å². The molecule has 1 atom stereocenters. The van der Waals surface area contributed by atoms with E-state index in [-0.39, 0.29) is 12.2 Å². The fraction of sp³-hybridized carbons (Fsp3) is 1.00. The zero-order chi connectivity index (χ0) is 15.7. The Kier molecular flexibility index (Phi) is 9.39. The smallest absolute Gasteiger partial charge is 0.163 e. The zero-order valence-electron chi connectivity index (χ0n) is 14.0. The van der Waals surface area contributed by atoms with Gasteiger partial charge in [0.1, 0.15) is 0 Å². The second-order valence-electron chi connectivity index (χ2n) is 6.04. The first kappa shape index (κ1) is 18.8. The molecule has 126 valence electrons. The first-order chi connectivity index (χ1) is 9.99. The maximum atomic E-state index is 9.75. The molecular weight excluding hydrogens is 270 g/mol. The number of aliphatic hydroxyl groups excluding tert-OH is 1. The summed E-state index contributed by atoms with van der Waals surface area (Å²) in [6, 6.07) is 0. The largest absolute Gasteiger partial charge is 0.377 e. The molecule has 1 saturated heterocycles. The zero-order valence-corrected chi connectivity index (χ0v) is 14.0. The van der Waals surface area contributed by atoms with Crippen LogP contribution in [0.25, 0.3) is 0 Å². The molecule has 0 spiro atoms. The van der Waals surface area contributed by atoms with Gasteiger partial charge < -0.3 is 14.6 Å². The van der Waals surface area contributed by atoms with Crippen molar-refractivity contribution in [2.75, 3.05) is 52.5 Å². The molecule has 2 N–H and O–H groups in total. The molecule has 0 bridgehead atoms. The summed E-state index contributed by atoms with van der Waals surface area (Å²) in [4.78, 5) is 4.40. The van der Waals surface area contributed by atoms with E-state index in [0.29, 0.717) is 0 Å². The van der Waals surface area contributed by atoms with Crippen LogP contribution in [-0.2, 0) is 9.47 Å². The van der Waals surface area contributed by atoms with Gasteiger partial charge >= 0.3 is 0 Å². The lowest BCUT2D eigenvalue weighted by Crippen LogP contribution is -2.42. The average Bonchev–Trinajstić information content (AvgIpc) is 2.80. The van der Waals surface area contributed by atoms with Crippen molar-refractivity contribution in [1.29, 1.82) is 0 Å². The molecule has 1 rings (SSSR count). The molecule has 0 amide bonds. The van der Waals surface area contributed by atoms with Gasteiger partial charge in [-0.2, -0.15) is 0 Å². The molecule has 1 aliphatic rings. The number of nitrogens with one attached hydrogen (secondary N) is 1. The molecule has 0 saturated carbocycles. The summed E-state index contributed by atoms with van der Waals surface area (Å²) in [5.41, 5.74) is 0. The van der Waals surface area contributed by atoms with Gasteiger partial charge in [0, 0.05) is 39.3 Å². The van der Waals surface area contributed by atoms with Crippen LogP contribution in [0.4, 0.5) is 0 Å². The lowest BCUT2D eigenvalue weighted by Gasteiger charge is -2.27. The number of nitrogens with zero attached hydrogens (tertiary/aromatic N) is 2. The van der Waals surface area contributed by atoms with Gasteiger partial charge in [0.2, 0.25) is 0 Å². The van der Waals surface area contributed by atoms with E-state index >= 15 is 0 Å². The lowest BCUT2D eigenvalue weighted by molar-refractivity contribution is 0.00534. The van der Waals surface area contributed by atoms with Crippen molar-refractivity contribution in [3.05, 3.63) is 0 Å². The van der Waals surface area contributed by atoms with Crippen LogP contribution in [0, 0.1) is 0 Å². The Labute approximate surface area is 129 Å². The van der Waals surface area contributed by atoms with Crippen LogP contribution in [0.15, 0.2) is 0 Å². The predicted molar refractivity (Wildman–Crippen MR) is 84.2 cm³/mol. The van der Waals surface area contributed by atoms with E-state index in [4.69, 9.17) is 9.47 Å². The van der Waals surface area contributed by atoms with Gasteiger partial charge in [0.05, 0.1) is 25.4 Å². The molecule has 21 heavy (non-hydrogen) atoms. The van der Waals surface area contributed by atoms with Gasteiger partial charge in [-0.15, -0.1) is 0 Å². The fourth-order valence-electron chi connectivity index (χ4n) is 2.26. The summed E-state index contributed by atoms with van der Waals surface area (Å²) in [5.74, 6) is 0. The molecule has 0 aromatic rings. The number of rotatable bonds is 11. The Morgan fingerprint density at radius 2 is 1.67 bits per heavy atom. The minimum Gasteiger partial charge on any atom is -0.377 e. The predicted octanol–water partition coefficient (Wildman–Crippen LogP) is 0.320. The van der Waals surface area contributed by atoms with Crippen LogP contribution < -0.4 is 5.32 Å². The van der Waals surface area contributed by atoms with Crippen molar-refractivity contribution in [1.82, 2.24) is 15.1 Å². The molecule has 1 unspecified atom stereocenters. The molecule has 0 radical (unpaired) electrons. The molecular formula is C15H33N3O3. The average molecular weight is 303 g/mol. The second-order valence-corrected chi connectivity index (χ2v) is 6.04. The summed E-state index contributed by atoms with van der Waals surface area (Å²) in [7, 11) is 0. The van der Waals surface area contributed by atoms with Crippen molar-refractivity contribution in [2.45, 2.75) is 46.3 Å². The Morgan fingerprint density at radius 1 is 1.10 bits per heavy atom. The third kappa shape index (κ3) is 8.70.